The highest BCUT2D eigenvalue weighted by Gasteiger charge is 2.35. The molecule has 10 heteroatoms. The zero-order valence-electron chi connectivity index (χ0n) is 21.9. The fourth-order valence-electron chi connectivity index (χ4n) is 3.25. The van der Waals surface area contributed by atoms with E-state index in [-0.39, 0.29) is 34.5 Å². The number of para-hydroxylation sites is 4. The van der Waals surface area contributed by atoms with Gasteiger partial charge in [0.2, 0.25) is 0 Å². The predicted octanol–water partition coefficient (Wildman–Crippen LogP) is 9.36. The van der Waals surface area contributed by atoms with Crippen molar-refractivity contribution in [1.29, 1.82) is 0 Å². The van der Waals surface area contributed by atoms with Gasteiger partial charge in [-0.2, -0.15) is 9.13 Å². The van der Waals surface area contributed by atoms with Gasteiger partial charge < -0.3 is 27.1 Å². The molecule has 0 fully saturated rings. The van der Waals surface area contributed by atoms with Crippen molar-refractivity contribution in [1.82, 2.24) is 0 Å². The Labute approximate surface area is 233 Å². The van der Waals surface area contributed by atoms with Crippen molar-refractivity contribution in [2.75, 3.05) is 0 Å². The van der Waals surface area contributed by atoms with Crippen LogP contribution in [0.1, 0.15) is 13.8 Å². The molecule has 0 amide bonds. The van der Waals surface area contributed by atoms with Gasteiger partial charge in [-0.15, -0.1) is 0 Å². The predicted molar refractivity (Wildman–Crippen MR) is 153 cm³/mol. The summed E-state index contributed by atoms with van der Waals surface area (Å²) >= 11 is 0. The molecule has 4 rings (SSSR count). The lowest BCUT2D eigenvalue weighted by Crippen LogP contribution is -2.06. The van der Waals surface area contributed by atoms with E-state index in [1.54, 1.807) is 128 Å². The van der Waals surface area contributed by atoms with Gasteiger partial charge in [0.05, 0.1) is 0 Å². The van der Waals surface area contributed by atoms with Crippen LogP contribution in [0.3, 0.4) is 0 Å². The van der Waals surface area contributed by atoms with Crippen LogP contribution in [-0.4, -0.2) is 0 Å². The van der Waals surface area contributed by atoms with Gasteiger partial charge in [0.25, 0.3) is 0 Å². The minimum Gasteiger partial charge on any atom is -0.391 e. The summed E-state index contributed by atoms with van der Waals surface area (Å²) in [6.45, 7) is 3.19. The molecule has 4 aromatic rings. The normalized spacial score (nSPS) is 12.2. The summed E-state index contributed by atoms with van der Waals surface area (Å²) in [7, 11) is -8.48. The van der Waals surface area contributed by atoms with E-state index in [2.05, 4.69) is 0 Å². The highest BCUT2D eigenvalue weighted by Crippen LogP contribution is 2.53. The van der Waals surface area contributed by atoms with E-state index in [9.17, 15) is 9.13 Å². The van der Waals surface area contributed by atoms with Gasteiger partial charge in [-0.05, 0) is 68.5 Å². The van der Waals surface area contributed by atoms with Gasteiger partial charge in [0, 0.05) is 6.08 Å². The number of rotatable bonds is 13. The third-order valence-corrected chi connectivity index (χ3v) is 7.63. The van der Waals surface area contributed by atoms with E-state index in [0.717, 1.165) is 0 Å². The minimum absolute atomic E-state index is 0.0682. The van der Waals surface area contributed by atoms with Crippen LogP contribution in [0.2, 0.25) is 0 Å². The number of hydrogen-bond donors (Lipinski definition) is 0. The largest absolute Gasteiger partial charge is 0.647 e. The molecule has 0 unspecified atom stereocenters. The van der Waals surface area contributed by atoms with Gasteiger partial charge in [0.1, 0.15) is 34.5 Å². The summed E-state index contributed by atoms with van der Waals surface area (Å²) in [4.78, 5) is 0. The zero-order valence-corrected chi connectivity index (χ0v) is 23.7. The van der Waals surface area contributed by atoms with E-state index in [0.29, 0.717) is 0 Å². The van der Waals surface area contributed by atoms with E-state index in [1.807, 2.05) is 0 Å². The van der Waals surface area contributed by atoms with Crippen LogP contribution in [0.15, 0.2) is 145 Å². The molecule has 40 heavy (non-hydrogen) atoms. The van der Waals surface area contributed by atoms with Crippen molar-refractivity contribution in [3.8, 4) is 23.0 Å². The van der Waals surface area contributed by atoms with Crippen LogP contribution >= 0.6 is 15.6 Å². The first-order chi connectivity index (χ1) is 19.3. The van der Waals surface area contributed by atoms with E-state index >= 15 is 0 Å². The fourth-order valence-corrected chi connectivity index (χ4v) is 5.81. The monoisotopic (exact) mass is 578 g/mol. The summed E-state index contributed by atoms with van der Waals surface area (Å²) < 4.78 is 61.6. The molecule has 0 heterocycles. The fraction of sp³-hybridized carbons (Fsp3) is 0.0667. The molecular formula is C30H28O8P2. The van der Waals surface area contributed by atoms with Crippen molar-refractivity contribution >= 4 is 15.6 Å². The number of hydrogen-bond acceptors (Lipinski definition) is 8. The number of allylic oxidation sites excluding steroid dienone is 3. The summed E-state index contributed by atoms with van der Waals surface area (Å²) in [6, 6.07) is 34.0. The second kappa shape index (κ2) is 13.6. The second-order valence-electron chi connectivity index (χ2n) is 8.14. The summed E-state index contributed by atoms with van der Waals surface area (Å²) in [5, 5.41) is 0. The molecule has 0 saturated heterocycles. The van der Waals surface area contributed by atoms with Gasteiger partial charge in [0.15, 0.2) is 0 Å². The Morgan fingerprint density at radius 3 is 1.12 bits per heavy atom. The lowest BCUT2D eigenvalue weighted by molar-refractivity contribution is 0.251. The van der Waals surface area contributed by atoms with Crippen molar-refractivity contribution < 1.29 is 36.3 Å². The molecule has 0 aliphatic heterocycles. The van der Waals surface area contributed by atoms with Gasteiger partial charge >= 0.3 is 15.6 Å². The van der Waals surface area contributed by atoms with Crippen LogP contribution in [-0.2, 0) is 18.2 Å². The van der Waals surface area contributed by atoms with Gasteiger partial charge in [-0.1, -0.05) is 72.8 Å². The molecule has 4 aromatic carbocycles. The molecular weight excluding hydrogens is 550 g/mol. The Balaban J connectivity index is 1.57. The van der Waals surface area contributed by atoms with Crippen molar-refractivity contribution in [3.05, 3.63) is 145 Å². The second-order valence-corrected chi connectivity index (χ2v) is 11.0. The SMILES string of the molecule is C/C=C(\C=C(/C)OP(=O)(Oc1ccccc1)Oc1ccccc1)OP(=O)(Oc1ccccc1)Oc1ccccc1. The molecule has 0 N–H and O–H groups in total. The Kier molecular flexibility index (Phi) is 9.74. The van der Waals surface area contributed by atoms with Gasteiger partial charge in [-0.3, -0.25) is 0 Å². The standard InChI is InChI=1S/C30H28O8P2/c1-3-26(34-40(32,37-29-20-12-6-13-21-29)38-30-22-14-7-15-23-30)24-25(2)33-39(31,35-27-16-8-4-9-17-27)36-28-18-10-5-11-19-28/h3-24H,1-2H3/b25-24+,26-3+. The van der Waals surface area contributed by atoms with Crippen LogP contribution in [0.4, 0.5) is 0 Å². The molecule has 8 nitrogen and oxygen atoms in total. The van der Waals surface area contributed by atoms with E-state index in [1.165, 1.54) is 19.1 Å². The Morgan fingerprint density at radius 2 is 0.825 bits per heavy atom. The summed E-state index contributed by atoms with van der Waals surface area (Å²) in [6.07, 6.45) is 2.91. The van der Waals surface area contributed by atoms with Crippen LogP contribution in [0.5, 0.6) is 23.0 Å². The maximum atomic E-state index is 13.8. The summed E-state index contributed by atoms with van der Waals surface area (Å²) in [5.74, 6) is 1.30. The first-order valence-corrected chi connectivity index (χ1v) is 15.2. The highest BCUT2D eigenvalue weighted by atomic mass is 31.2. The average molecular weight is 578 g/mol. The highest BCUT2D eigenvalue weighted by molar-refractivity contribution is 7.49. The first-order valence-electron chi connectivity index (χ1n) is 12.3. The van der Waals surface area contributed by atoms with Crippen LogP contribution in [0.25, 0.3) is 0 Å². The topological polar surface area (TPSA) is 89.5 Å². The number of benzene rings is 4. The molecule has 0 aliphatic carbocycles. The number of phosphoric ester groups is 2. The molecule has 0 bridgehead atoms. The van der Waals surface area contributed by atoms with Crippen molar-refractivity contribution in [2.45, 2.75) is 13.8 Å². The van der Waals surface area contributed by atoms with Crippen molar-refractivity contribution in [3.63, 3.8) is 0 Å². The average Bonchev–Trinajstić information content (AvgIpc) is 2.94. The molecule has 0 spiro atoms. The number of phosphoric acid groups is 2. The maximum absolute atomic E-state index is 13.8. The first kappa shape index (κ1) is 28.6. The summed E-state index contributed by atoms with van der Waals surface area (Å²) in [5.41, 5.74) is 0. The van der Waals surface area contributed by atoms with Crippen molar-refractivity contribution in [2.24, 2.45) is 0 Å². The minimum atomic E-state index is -4.25. The van der Waals surface area contributed by atoms with Crippen LogP contribution < -0.4 is 18.1 Å². The molecule has 0 saturated carbocycles. The lowest BCUT2D eigenvalue weighted by Gasteiger charge is -2.21. The zero-order chi connectivity index (χ0) is 28.3. The molecule has 0 atom stereocenters. The van der Waals surface area contributed by atoms with Crippen LogP contribution in [0, 0.1) is 0 Å². The molecule has 0 aromatic heterocycles. The smallest absolute Gasteiger partial charge is 0.391 e. The maximum Gasteiger partial charge on any atom is 0.647 e. The molecule has 0 radical (unpaired) electrons. The molecule has 206 valence electrons. The quantitative estimate of drug-likeness (QED) is 0.0881. The third-order valence-electron chi connectivity index (χ3n) is 4.94. The van der Waals surface area contributed by atoms with E-state index < -0.39 is 15.6 Å². The Bertz CT molecular complexity index is 1420. The lowest BCUT2D eigenvalue weighted by atomic mass is 10.3. The Hall–Kier alpha value is -4.38. The molecule has 0 aliphatic rings. The van der Waals surface area contributed by atoms with E-state index in [4.69, 9.17) is 27.1 Å². The van der Waals surface area contributed by atoms with Gasteiger partial charge in [-0.25, -0.2) is 0 Å². The Morgan fingerprint density at radius 1 is 0.525 bits per heavy atom. The third kappa shape index (κ3) is 8.84.